The largest absolute Gasteiger partial charge is 0.305 e. The Bertz CT molecular complexity index is 1450. The zero-order chi connectivity index (χ0) is 22.1. The highest BCUT2D eigenvalue weighted by molar-refractivity contribution is 7.91. The van der Waals surface area contributed by atoms with Crippen LogP contribution in [0.25, 0.3) is 10.2 Å². The van der Waals surface area contributed by atoms with E-state index in [1.165, 1.54) is 36.4 Å². The first-order valence-corrected chi connectivity index (χ1v) is 13.1. The maximum atomic E-state index is 12.6. The smallest absolute Gasteiger partial charge is 0.279 e. The lowest BCUT2D eigenvalue weighted by atomic mass is 10.2. The molecule has 1 aromatic heterocycles. The van der Waals surface area contributed by atoms with Crippen molar-refractivity contribution in [3.8, 4) is 12.3 Å². The van der Waals surface area contributed by atoms with Gasteiger partial charge in [-0.2, -0.15) is 4.99 Å². The number of terminal acetylenes is 1. The SMILES string of the molecule is C#CCn1c(=NC(=O)c2ccc(S(=O)(=O)CC)cc2)sc2cc(S(C)(=O)=O)ccc21. The Balaban J connectivity index is 2.09. The lowest BCUT2D eigenvalue weighted by molar-refractivity contribution is 0.0998. The van der Waals surface area contributed by atoms with E-state index in [0.717, 1.165) is 17.6 Å². The Morgan fingerprint density at radius 2 is 1.73 bits per heavy atom. The van der Waals surface area contributed by atoms with Crippen LogP contribution in [-0.4, -0.2) is 39.3 Å². The highest BCUT2D eigenvalue weighted by atomic mass is 32.2. The number of carbonyl (C=O) groups excluding carboxylic acids is 1. The first-order valence-electron chi connectivity index (χ1n) is 8.75. The molecule has 0 saturated heterocycles. The summed E-state index contributed by atoms with van der Waals surface area (Å²) < 4.78 is 49.8. The molecule has 0 N–H and O–H groups in total. The first kappa shape index (κ1) is 22.0. The third-order valence-electron chi connectivity index (χ3n) is 4.37. The second-order valence-electron chi connectivity index (χ2n) is 6.42. The lowest BCUT2D eigenvalue weighted by Crippen LogP contribution is -2.16. The average Bonchev–Trinajstić information content (AvgIpc) is 3.04. The van der Waals surface area contributed by atoms with E-state index in [-0.39, 0.29) is 27.7 Å². The number of hydrogen-bond acceptors (Lipinski definition) is 6. The zero-order valence-corrected chi connectivity index (χ0v) is 18.6. The highest BCUT2D eigenvalue weighted by Crippen LogP contribution is 2.22. The number of aromatic nitrogens is 1. The van der Waals surface area contributed by atoms with Crippen LogP contribution in [-0.2, 0) is 26.2 Å². The highest BCUT2D eigenvalue weighted by Gasteiger charge is 2.15. The minimum Gasteiger partial charge on any atom is -0.305 e. The van der Waals surface area contributed by atoms with E-state index < -0.39 is 25.6 Å². The van der Waals surface area contributed by atoms with Gasteiger partial charge in [-0.05, 0) is 42.5 Å². The summed E-state index contributed by atoms with van der Waals surface area (Å²) in [4.78, 5) is 17.4. The first-order chi connectivity index (χ1) is 14.1. The Labute approximate surface area is 178 Å². The summed E-state index contributed by atoms with van der Waals surface area (Å²) in [6, 6.07) is 10.2. The quantitative estimate of drug-likeness (QED) is 0.541. The van der Waals surface area contributed by atoms with E-state index in [9.17, 15) is 21.6 Å². The van der Waals surface area contributed by atoms with E-state index in [1.807, 2.05) is 0 Å². The molecule has 10 heteroatoms. The molecule has 30 heavy (non-hydrogen) atoms. The van der Waals surface area contributed by atoms with Crippen molar-refractivity contribution in [2.45, 2.75) is 23.3 Å². The van der Waals surface area contributed by atoms with Gasteiger partial charge in [0.15, 0.2) is 24.5 Å². The van der Waals surface area contributed by atoms with Gasteiger partial charge in [-0.1, -0.05) is 24.2 Å². The number of hydrogen-bond donors (Lipinski definition) is 0. The van der Waals surface area contributed by atoms with Crippen molar-refractivity contribution in [2.75, 3.05) is 12.0 Å². The number of benzene rings is 2. The maximum Gasteiger partial charge on any atom is 0.279 e. The van der Waals surface area contributed by atoms with Crippen LogP contribution in [0.15, 0.2) is 57.2 Å². The molecule has 3 rings (SSSR count). The average molecular weight is 463 g/mol. The molecule has 1 heterocycles. The van der Waals surface area contributed by atoms with E-state index in [1.54, 1.807) is 17.6 Å². The van der Waals surface area contributed by atoms with E-state index in [0.29, 0.717) is 15.0 Å². The fraction of sp³-hybridized carbons (Fsp3) is 0.200. The molecule has 0 unspecified atom stereocenters. The molecular formula is C20H18N2O5S3. The Morgan fingerprint density at radius 1 is 1.10 bits per heavy atom. The number of thiazole rings is 1. The number of fused-ring (bicyclic) bond motifs is 1. The molecule has 2 aromatic carbocycles. The normalized spacial score (nSPS) is 12.8. The predicted molar refractivity (Wildman–Crippen MR) is 116 cm³/mol. The van der Waals surface area contributed by atoms with Crippen molar-refractivity contribution in [3.05, 3.63) is 52.8 Å². The number of sulfone groups is 2. The van der Waals surface area contributed by atoms with Gasteiger partial charge >= 0.3 is 0 Å². The van der Waals surface area contributed by atoms with Crippen molar-refractivity contribution in [2.24, 2.45) is 4.99 Å². The minimum atomic E-state index is -3.38. The molecule has 0 bridgehead atoms. The van der Waals surface area contributed by atoms with Crippen molar-refractivity contribution in [1.29, 1.82) is 0 Å². The topological polar surface area (TPSA) is 103 Å². The van der Waals surface area contributed by atoms with Gasteiger partial charge < -0.3 is 4.57 Å². The van der Waals surface area contributed by atoms with Gasteiger partial charge in [0.05, 0.1) is 32.3 Å². The summed E-state index contributed by atoms with van der Waals surface area (Å²) in [7, 11) is -6.75. The van der Waals surface area contributed by atoms with E-state index >= 15 is 0 Å². The van der Waals surface area contributed by atoms with Gasteiger partial charge in [0, 0.05) is 11.8 Å². The van der Waals surface area contributed by atoms with Gasteiger partial charge in [0.2, 0.25) is 0 Å². The molecule has 0 aliphatic rings. The van der Waals surface area contributed by atoms with Crippen molar-refractivity contribution >= 4 is 47.1 Å². The standard InChI is InChI=1S/C20H18N2O5S3/c1-4-12-22-17-11-10-16(29(3,24)25)13-18(17)28-20(22)21-19(23)14-6-8-15(9-7-14)30(26,27)5-2/h1,6-11,13H,5,12H2,2-3H3. The summed E-state index contributed by atoms with van der Waals surface area (Å²) >= 11 is 1.15. The van der Waals surface area contributed by atoms with Crippen LogP contribution in [0.1, 0.15) is 17.3 Å². The zero-order valence-electron chi connectivity index (χ0n) is 16.2. The van der Waals surface area contributed by atoms with Crippen LogP contribution in [0.4, 0.5) is 0 Å². The number of amides is 1. The molecule has 0 spiro atoms. The monoisotopic (exact) mass is 462 g/mol. The van der Waals surface area contributed by atoms with E-state index in [2.05, 4.69) is 10.9 Å². The molecule has 0 atom stereocenters. The van der Waals surface area contributed by atoms with Crippen LogP contribution >= 0.6 is 11.3 Å². The molecule has 7 nitrogen and oxygen atoms in total. The van der Waals surface area contributed by atoms with Gasteiger partial charge in [-0.15, -0.1) is 6.42 Å². The maximum absolute atomic E-state index is 12.6. The second kappa shape index (κ2) is 8.18. The Morgan fingerprint density at radius 3 is 2.30 bits per heavy atom. The molecule has 1 amide bonds. The Kier molecular flexibility index (Phi) is 5.99. The molecular weight excluding hydrogens is 444 g/mol. The van der Waals surface area contributed by atoms with Gasteiger partial charge in [-0.3, -0.25) is 4.79 Å². The molecule has 0 saturated carbocycles. The summed E-state index contributed by atoms with van der Waals surface area (Å²) in [5.74, 6) is 1.91. The third kappa shape index (κ3) is 4.38. The fourth-order valence-electron chi connectivity index (χ4n) is 2.74. The van der Waals surface area contributed by atoms with Gasteiger partial charge in [0.25, 0.3) is 5.91 Å². The molecule has 3 aromatic rings. The van der Waals surface area contributed by atoms with E-state index in [4.69, 9.17) is 6.42 Å². The predicted octanol–water partition coefficient (Wildman–Crippen LogP) is 2.27. The van der Waals surface area contributed by atoms with Gasteiger partial charge in [-0.25, -0.2) is 16.8 Å². The summed E-state index contributed by atoms with van der Waals surface area (Å²) in [5, 5.41) is 0. The van der Waals surface area contributed by atoms with Crippen molar-refractivity contribution in [1.82, 2.24) is 4.57 Å². The summed E-state index contributed by atoms with van der Waals surface area (Å²) in [6.07, 6.45) is 6.57. The third-order valence-corrected chi connectivity index (χ3v) is 8.27. The number of nitrogens with zero attached hydrogens (tertiary/aromatic N) is 2. The van der Waals surface area contributed by atoms with Crippen LogP contribution in [0.5, 0.6) is 0 Å². The lowest BCUT2D eigenvalue weighted by Gasteiger charge is -2.02. The van der Waals surface area contributed by atoms with Crippen LogP contribution in [0, 0.1) is 12.3 Å². The molecule has 0 fully saturated rings. The molecule has 0 aliphatic heterocycles. The fourth-order valence-corrected chi connectivity index (χ4v) is 5.41. The second-order valence-corrected chi connectivity index (χ2v) is 11.7. The van der Waals surface area contributed by atoms with Crippen LogP contribution in [0.3, 0.4) is 0 Å². The number of carbonyl (C=O) groups is 1. The molecule has 0 radical (unpaired) electrons. The van der Waals surface area contributed by atoms with Crippen LogP contribution in [0.2, 0.25) is 0 Å². The Hall–Kier alpha value is -2.74. The van der Waals surface area contributed by atoms with Crippen molar-refractivity contribution < 1.29 is 21.6 Å². The molecule has 0 aliphatic carbocycles. The van der Waals surface area contributed by atoms with Gasteiger partial charge in [0.1, 0.15) is 0 Å². The molecule has 156 valence electrons. The van der Waals surface area contributed by atoms with Crippen LogP contribution < -0.4 is 4.80 Å². The summed E-state index contributed by atoms with van der Waals surface area (Å²) in [5.41, 5.74) is 0.896. The summed E-state index contributed by atoms with van der Waals surface area (Å²) in [6.45, 7) is 1.70. The number of rotatable bonds is 5. The minimum absolute atomic E-state index is 0.0337. The van der Waals surface area contributed by atoms with Crippen molar-refractivity contribution in [3.63, 3.8) is 0 Å².